The summed E-state index contributed by atoms with van der Waals surface area (Å²) in [4.78, 5) is 10.7. The number of aldehydes is 1. The van der Waals surface area contributed by atoms with Crippen molar-refractivity contribution in [2.45, 2.75) is 38.5 Å². The van der Waals surface area contributed by atoms with Gasteiger partial charge in [0.25, 0.3) is 0 Å². The van der Waals surface area contributed by atoms with Crippen LogP contribution < -0.4 is 0 Å². The average Bonchev–Trinajstić information content (AvgIpc) is 2.60. The van der Waals surface area contributed by atoms with E-state index >= 15 is 0 Å². The van der Waals surface area contributed by atoms with Crippen molar-refractivity contribution in [2.24, 2.45) is 13.0 Å². The fourth-order valence-corrected chi connectivity index (χ4v) is 2.44. The third kappa shape index (κ3) is 2.46. The summed E-state index contributed by atoms with van der Waals surface area (Å²) in [6.07, 6.45) is 8.67. The predicted molar refractivity (Wildman–Crippen MR) is 58.9 cm³/mol. The SMILES string of the molecule is Cn1nc(CC2CCCCC2)cc1C=O. The van der Waals surface area contributed by atoms with E-state index in [1.807, 2.05) is 13.1 Å². The number of aryl methyl sites for hydroxylation is 1. The van der Waals surface area contributed by atoms with Gasteiger partial charge in [-0.1, -0.05) is 32.1 Å². The topological polar surface area (TPSA) is 34.9 Å². The summed E-state index contributed by atoms with van der Waals surface area (Å²) in [5, 5.41) is 4.36. The van der Waals surface area contributed by atoms with E-state index in [0.29, 0.717) is 5.69 Å². The number of hydrogen-bond donors (Lipinski definition) is 0. The van der Waals surface area contributed by atoms with Crippen molar-refractivity contribution in [3.05, 3.63) is 17.5 Å². The van der Waals surface area contributed by atoms with Crippen LogP contribution in [-0.4, -0.2) is 16.1 Å². The van der Waals surface area contributed by atoms with Crippen LogP contribution in [-0.2, 0) is 13.5 Å². The van der Waals surface area contributed by atoms with Gasteiger partial charge >= 0.3 is 0 Å². The van der Waals surface area contributed by atoms with Crippen LogP contribution in [0.3, 0.4) is 0 Å². The minimum atomic E-state index is 0.681. The Kier molecular flexibility index (Phi) is 3.19. The highest BCUT2D eigenvalue weighted by Gasteiger charge is 2.15. The Morgan fingerprint density at radius 2 is 2.20 bits per heavy atom. The van der Waals surface area contributed by atoms with Crippen molar-refractivity contribution >= 4 is 6.29 Å². The summed E-state index contributed by atoms with van der Waals surface area (Å²) in [6, 6.07) is 1.92. The van der Waals surface area contributed by atoms with Crippen LogP contribution in [0.5, 0.6) is 0 Å². The largest absolute Gasteiger partial charge is 0.296 e. The van der Waals surface area contributed by atoms with Gasteiger partial charge < -0.3 is 0 Å². The first kappa shape index (κ1) is 10.4. The molecule has 3 nitrogen and oxygen atoms in total. The smallest absolute Gasteiger partial charge is 0.168 e. The zero-order chi connectivity index (χ0) is 10.7. The Labute approximate surface area is 90.5 Å². The Morgan fingerprint density at radius 1 is 1.47 bits per heavy atom. The molecule has 0 amide bonds. The summed E-state index contributed by atoms with van der Waals surface area (Å²) in [6.45, 7) is 0. The van der Waals surface area contributed by atoms with Crippen molar-refractivity contribution < 1.29 is 4.79 Å². The van der Waals surface area contributed by atoms with E-state index in [0.717, 1.165) is 24.3 Å². The molecule has 1 aliphatic rings. The summed E-state index contributed by atoms with van der Waals surface area (Å²) >= 11 is 0. The van der Waals surface area contributed by atoms with Gasteiger partial charge in [-0.05, 0) is 18.4 Å². The maximum atomic E-state index is 10.7. The van der Waals surface area contributed by atoms with Crippen LogP contribution in [0, 0.1) is 5.92 Å². The Morgan fingerprint density at radius 3 is 2.80 bits per heavy atom. The van der Waals surface area contributed by atoms with E-state index in [1.54, 1.807) is 4.68 Å². The third-order valence-corrected chi connectivity index (χ3v) is 3.31. The number of carbonyl (C=O) groups excluding carboxylic acids is 1. The van der Waals surface area contributed by atoms with Crippen molar-refractivity contribution in [2.75, 3.05) is 0 Å². The first-order valence-electron chi connectivity index (χ1n) is 5.77. The van der Waals surface area contributed by atoms with Crippen LogP contribution in [0.2, 0.25) is 0 Å². The fraction of sp³-hybridized carbons (Fsp3) is 0.667. The van der Waals surface area contributed by atoms with Gasteiger partial charge in [0.05, 0.1) is 5.69 Å². The van der Waals surface area contributed by atoms with Crippen LogP contribution in [0.1, 0.15) is 48.3 Å². The van der Waals surface area contributed by atoms with E-state index in [-0.39, 0.29) is 0 Å². The zero-order valence-electron chi connectivity index (χ0n) is 9.28. The summed E-state index contributed by atoms with van der Waals surface area (Å²) < 4.78 is 1.67. The highest BCUT2D eigenvalue weighted by atomic mass is 16.1. The van der Waals surface area contributed by atoms with E-state index < -0.39 is 0 Å². The fourth-order valence-electron chi connectivity index (χ4n) is 2.44. The maximum absolute atomic E-state index is 10.7. The van der Waals surface area contributed by atoms with E-state index in [1.165, 1.54) is 32.1 Å². The average molecular weight is 206 g/mol. The molecule has 3 heteroatoms. The zero-order valence-corrected chi connectivity index (χ0v) is 9.28. The van der Waals surface area contributed by atoms with Crippen molar-refractivity contribution in [1.82, 2.24) is 9.78 Å². The molecule has 2 rings (SSSR count). The second-order valence-electron chi connectivity index (χ2n) is 4.51. The van der Waals surface area contributed by atoms with Gasteiger partial charge in [-0.3, -0.25) is 9.48 Å². The lowest BCUT2D eigenvalue weighted by Gasteiger charge is -2.20. The molecule has 0 N–H and O–H groups in total. The molecule has 82 valence electrons. The molecule has 1 fully saturated rings. The number of rotatable bonds is 3. The molecule has 1 aromatic heterocycles. The van der Waals surface area contributed by atoms with E-state index in [9.17, 15) is 4.79 Å². The number of carbonyl (C=O) groups is 1. The van der Waals surface area contributed by atoms with Crippen LogP contribution in [0.4, 0.5) is 0 Å². The lowest BCUT2D eigenvalue weighted by Crippen LogP contribution is -2.09. The molecule has 1 saturated carbocycles. The molecule has 0 atom stereocenters. The molecule has 0 saturated heterocycles. The molecule has 0 bridgehead atoms. The van der Waals surface area contributed by atoms with Crippen molar-refractivity contribution in [3.63, 3.8) is 0 Å². The summed E-state index contributed by atoms with van der Waals surface area (Å²) in [5.74, 6) is 0.785. The Bertz CT molecular complexity index is 337. The minimum Gasteiger partial charge on any atom is -0.296 e. The molecule has 1 heterocycles. The Hall–Kier alpha value is -1.12. The minimum absolute atomic E-state index is 0.681. The van der Waals surface area contributed by atoms with Gasteiger partial charge in [-0.2, -0.15) is 5.10 Å². The molecule has 15 heavy (non-hydrogen) atoms. The Balaban J connectivity index is 2.00. The predicted octanol–water partition coefficient (Wildman–Crippen LogP) is 2.36. The molecule has 0 radical (unpaired) electrons. The molecule has 0 spiro atoms. The van der Waals surface area contributed by atoms with Crippen LogP contribution >= 0.6 is 0 Å². The highest BCUT2D eigenvalue weighted by Crippen LogP contribution is 2.26. The van der Waals surface area contributed by atoms with Crippen LogP contribution in [0.15, 0.2) is 6.07 Å². The monoisotopic (exact) mass is 206 g/mol. The van der Waals surface area contributed by atoms with Crippen LogP contribution in [0.25, 0.3) is 0 Å². The lowest BCUT2D eigenvalue weighted by molar-refractivity contribution is 0.111. The highest BCUT2D eigenvalue weighted by molar-refractivity contribution is 5.72. The van der Waals surface area contributed by atoms with E-state index in [2.05, 4.69) is 5.10 Å². The second kappa shape index (κ2) is 4.60. The molecule has 0 unspecified atom stereocenters. The first-order valence-corrected chi connectivity index (χ1v) is 5.77. The van der Waals surface area contributed by atoms with Gasteiger partial charge in [0.15, 0.2) is 6.29 Å². The van der Waals surface area contributed by atoms with Gasteiger partial charge in [0.1, 0.15) is 5.69 Å². The van der Waals surface area contributed by atoms with E-state index in [4.69, 9.17) is 0 Å². The standard InChI is InChI=1S/C12H18N2O/c1-14-12(9-15)8-11(13-14)7-10-5-3-2-4-6-10/h8-10H,2-7H2,1H3. The van der Waals surface area contributed by atoms with Gasteiger partial charge in [0, 0.05) is 7.05 Å². The quantitative estimate of drug-likeness (QED) is 0.711. The molecular weight excluding hydrogens is 188 g/mol. The van der Waals surface area contributed by atoms with Gasteiger partial charge in [-0.25, -0.2) is 0 Å². The molecule has 0 aromatic carbocycles. The molecule has 0 aliphatic heterocycles. The van der Waals surface area contributed by atoms with Gasteiger partial charge in [0.2, 0.25) is 0 Å². The third-order valence-electron chi connectivity index (χ3n) is 3.31. The molecule has 1 aliphatic carbocycles. The number of hydrogen-bond acceptors (Lipinski definition) is 2. The lowest BCUT2D eigenvalue weighted by atomic mass is 9.86. The van der Waals surface area contributed by atoms with Crippen molar-refractivity contribution in [3.8, 4) is 0 Å². The maximum Gasteiger partial charge on any atom is 0.168 e. The normalized spacial score (nSPS) is 17.9. The molecular formula is C12H18N2O. The number of aromatic nitrogens is 2. The summed E-state index contributed by atoms with van der Waals surface area (Å²) in [5.41, 5.74) is 1.76. The van der Waals surface area contributed by atoms with Crippen molar-refractivity contribution in [1.29, 1.82) is 0 Å². The number of nitrogens with zero attached hydrogens (tertiary/aromatic N) is 2. The molecule has 1 aromatic rings. The first-order chi connectivity index (χ1) is 7.29. The second-order valence-corrected chi connectivity index (χ2v) is 4.51. The van der Waals surface area contributed by atoms with Gasteiger partial charge in [-0.15, -0.1) is 0 Å². The summed E-state index contributed by atoms with van der Waals surface area (Å²) in [7, 11) is 1.83.